The molecule has 108 valence electrons. The molecule has 0 saturated heterocycles. The van der Waals surface area contributed by atoms with Crippen LogP contribution in [0.2, 0.25) is 5.02 Å². The smallest absolute Gasteiger partial charge is 0.268 e. The Balaban J connectivity index is 1.98. The van der Waals surface area contributed by atoms with Crippen LogP contribution in [0.5, 0.6) is 0 Å². The third-order valence-electron chi connectivity index (χ3n) is 3.24. The van der Waals surface area contributed by atoms with Gasteiger partial charge in [0.1, 0.15) is 0 Å². The van der Waals surface area contributed by atoms with Crippen molar-refractivity contribution in [1.82, 2.24) is 9.29 Å². The predicted octanol–water partition coefficient (Wildman–Crippen LogP) is 2.22. The van der Waals surface area contributed by atoms with Gasteiger partial charge in [-0.05, 0) is 23.8 Å². The Labute approximate surface area is 127 Å². The molecule has 0 N–H and O–H groups in total. The number of hydrogen-bond acceptors (Lipinski definition) is 4. The van der Waals surface area contributed by atoms with Gasteiger partial charge < -0.3 is 0 Å². The van der Waals surface area contributed by atoms with Crippen molar-refractivity contribution in [3.8, 4) is 0 Å². The summed E-state index contributed by atoms with van der Waals surface area (Å²) in [4.78, 5) is 16.4. The zero-order chi connectivity index (χ0) is 15.0. The van der Waals surface area contributed by atoms with Gasteiger partial charge in [0.25, 0.3) is 5.91 Å². The lowest BCUT2D eigenvalue weighted by Gasteiger charge is -2.27. The van der Waals surface area contributed by atoms with E-state index in [1.54, 1.807) is 36.4 Å². The second-order valence-corrected chi connectivity index (χ2v) is 7.02. The first-order chi connectivity index (χ1) is 9.97. The van der Waals surface area contributed by atoms with E-state index in [1.807, 2.05) is 0 Å². The maximum atomic E-state index is 12.4. The number of pyridine rings is 1. The number of benzene rings is 1. The average molecular weight is 323 g/mol. The third kappa shape index (κ3) is 2.64. The highest BCUT2D eigenvalue weighted by Crippen LogP contribution is 2.25. The molecule has 2 heterocycles. The highest BCUT2D eigenvalue weighted by molar-refractivity contribution is 7.89. The monoisotopic (exact) mass is 322 g/mol. The molecule has 0 spiro atoms. The molecule has 0 atom stereocenters. The molecule has 1 aromatic carbocycles. The van der Waals surface area contributed by atoms with Crippen LogP contribution in [0, 0.1) is 0 Å². The van der Waals surface area contributed by atoms with Crippen molar-refractivity contribution in [2.75, 3.05) is 0 Å². The molecule has 0 unspecified atom stereocenters. The van der Waals surface area contributed by atoms with Crippen molar-refractivity contribution in [3.05, 3.63) is 64.4 Å². The molecule has 0 saturated carbocycles. The van der Waals surface area contributed by atoms with E-state index in [2.05, 4.69) is 4.98 Å². The van der Waals surface area contributed by atoms with Gasteiger partial charge in [0.2, 0.25) is 10.0 Å². The minimum absolute atomic E-state index is 0.0906. The molecule has 1 aliphatic rings. The molecule has 5 nitrogen and oxygen atoms in total. The Kier molecular flexibility index (Phi) is 3.43. The SMILES string of the molecule is O=C1c2ccccc2CS(=O)(=O)N1Cc1ccc(Cl)cn1. The fraction of sp³-hybridized carbons (Fsp3) is 0.143. The summed E-state index contributed by atoms with van der Waals surface area (Å²) in [6, 6.07) is 9.94. The van der Waals surface area contributed by atoms with Crippen LogP contribution in [0.25, 0.3) is 0 Å². The standard InChI is InChI=1S/C14H11ClN2O3S/c15-11-5-6-12(16-7-11)8-17-14(18)13-4-2-1-3-10(13)9-21(17,19)20/h1-7H,8-9H2. The maximum absolute atomic E-state index is 12.4. The summed E-state index contributed by atoms with van der Waals surface area (Å²) in [7, 11) is -3.68. The van der Waals surface area contributed by atoms with Gasteiger partial charge in [-0.2, -0.15) is 0 Å². The van der Waals surface area contributed by atoms with Gasteiger partial charge in [-0.25, -0.2) is 12.7 Å². The number of carbonyl (C=O) groups excluding carboxylic acids is 1. The topological polar surface area (TPSA) is 67.3 Å². The second-order valence-electron chi connectivity index (χ2n) is 4.69. The molecule has 0 radical (unpaired) electrons. The highest BCUT2D eigenvalue weighted by Gasteiger charge is 2.35. The molecule has 0 fully saturated rings. The number of sulfonamides is 1. The van der Waals surface area contributed by atoms with Gasteiger partial charge in [0.15, 0.2) is 0 Å². The van der Waals surface area contributed by atoms with Gasteiger partial charge in [0, 0.05) is 11.8 Å². The Hall–Kier alpha value is -1.92. The van der Waals surface area contributed by atoms with Gasteiger partial charge >= 0.3 is 0 Å². The summed E-state index contributed by atoms with van der Waals surface area (Å²) in [6.07, 6.45) is 1.42. The molecule has 1 amide bonds. The summed E-state index contributed by atoms with van der Waals surface area (Å²) in [6.45, 7) is -0.0906. The first-order valence-corrected chi connectivity index (χ1v) is 8.19. The summed E-state index contributed by atoms with van der Waals surface area (Å²) in [5.41, 5.74) is 1.42. The molecule has 1 aromatic heterocycles. The largest absolute Gasteiger partial charge is 0.268 e. The molecule has 3 rings (SSSR count). The number of carbonyl (C=O) groups is 1. The summed E-state index contributed by atoms with van der Waals surface area (Å²) in [5.74, 6) is -0.698. The Bertz CT molecular complexity index is 803. The van der Waals surface area contributed by atoms with E-state index in [4.69, 9.17) is 11.6 Å². The van der Waals surface area contributed by atoms with Gasteiger partial charge in [0.05, 0.1) is 23.0 Å². The lowest BCUT2D eigenvalue weighted by Crippen LogP contribution is -2.41. The van der Waals surface area contributed by atoms with Crippen LogP contribution in [0.15, 0.2) is 42.6 Å². The minimum atomic E-state index is -3.68. The molecular weight excluding hydrogens is 312 g/mol. The first-order valence-electron chi connectivity index (χ1n) is 6.20. The van der Waals surface area contributed by atoms with E-state index in [9.17, 15) is 13.2 Å². The van der Waals surface area contributed by atoms with Crippen LogP contribution < -0.4 is 0 Å². The summed E-state index contributed by atoms with van der Waals surface area (Å²) in [5, 5.41) is 0.455. The Morgan fingerprint density at radius 2 is 1.95 bits per heavy atom. The molecule has 1 aliphatic heterocycles. The molecule has 7 heteroatoms. The van der Waals surface area contributed by atoms with Crippen LogP contribution in [-0.4, -0.2) is 23.6 Å². The van der Waals surface area contributed by atoms with Crippen LogP contribution in [-0.2, 0) is 22.3 Å². The predicted molar refractivity (Wildman–Crippen MR) is 78.2 cm³/mol. The zero-order valence-corrected chi connectivity index (χ0v) is 12.4. The number of fused-ring (bicyclic) bond motifs is 1. The highest BCUT2D eigenvalue weighted by atomic mass is 35.5. The van der Waals surface area contributed by atoms with E-state index in [0.717, 1.165) is 4.31 Å². The van der Waals surface area contributed by atoms with Crippen LogP contribution in [0.1, 0.15) is 21.6 Å². The van der Waals surface area contributed by atoms with Crippen LogP contribution >= 0.6 is 11.6 Å². The number of rotatable bonds is 2. The van der Waals surface area contributed by atoms with E-state index in [1.165, 1.54) is 6.20 Å². The van der Waals surface area contributed by atoms with E-state index < -0.39 is 15.9 Å². The third-order valence-corrected chi connectivity index (χ3v) is 5.11. The summed E-state index contributed by atoms with van der Waals surface area (Å²) < 4.78 is 25.4. The fourth-order valence-corrected chi connectivity index (χ4v) is 3.80. The van der Waals surface area contributed by atoms with Crippen molar-refractivity contribution in [1.29, 1.82) is 0 Å². The Morgan fingerprint density at radius 3 is 2.67 bits per heavy atom. The zero-order valence-electron chi connectivity index (χ0n) is 10.9. The molecule has 21 heavy (non-hydrogen) atoms. The molecule has 0 aliphatic carbocycles. The normalized spacial score (nSPS) is 16.6. The lowest BCUT2D eigenvalue weighted by atomic mass is 10.1. The first kappa shape index (κ1) is 14.0. The lowest BCUT2D eigenvalue weighted by molar-refractivity contribution is 0.0848. The van der Waals surface area contributed by atoms with Gasteiger partial charge in [-0.1, -0.05) is 29.8 Å². The van der Waals surface area contributed by atoms with E-state index >= 15 is 0 Å². The van der Waals surface area contributed by atoms with E-state index in [-0.39, 0.29) is 12.3 Å². The quantitative estimate of drug-likeness (QED) is 0.850. The number of halogens is 1. The Morgan fingerprint density at radius 1 is 1.19 bits per heavy atom. The number of nitrogens with zero attached hydrogens (tertiary/aromatic N) is 2. The van der Waals surface area contributed by atoms with Crippen molar-refractivity contribution in [3.63, 3.8) is 0 Å². The summed E-state index contributed by atoms with van der Waals surface area (Å²) >= 11 is 5.74. The average Bonchev–Trinajstić information content (AvgIpc) is 2.45. The van der Waals surface area contributed by atoms with Crippen LogP contribution in [0.4, 0.5) is 0 Å². The van der Waals surface area contributed by atoms with Crippen LogP contribution in [0.3, 0.4) is 0 Å². The number of aromatic nitrogens is 1. The molecule has 0 bridgehead atoms. The molecule has 2 aromatic rings. The molecular formula is C14H11ClN2O3S. The van der Waals surface area contributed by atoms with Gasteiger partial charge in [-0.3, -0.25) is 9.78 Å². The van der Waals surface area contributed by atoms with Gasteiger partial charge in [-0.15, -0.1) is 0 Å². The number of amides is 1. The number of hydrogen-bond donors (Lipinski definition) is 0. The minimum Gasteiger partial charge on any atom is -0.268 e. The second kappa shape index (κ2) is 5.13. The van der Waals surface area contributed by atoms with Crippen molar-refractivity contribution in [2.24, 2.45) is 0 Å². The van der Waals surface area contributed by atoms with Crippen molar-refractivity contribution in [2.45, 2.75) is 12.3 Å². The van der Waals surface area contributed by atoms with E-state index in [0.29, 0.717) is 21.8 Å². The maximum Gasteiger partial charge on any atom is 0.268 e. The van der Waals surface area contributed by atoms with Crippen molar-refractivity contribution >= 4 is 27.5 Å². The van der Waals surface area contributed by atoms with Crippen molar-refractivity contribution < 1.29 is 13.2 Å². The fourth-order valence-electron chi connectivity index (χ4n) is 2.21.